The molecule has 0 saturated heterocycles. The van der Waals surface area contributed by atoms with E-state index in [1.165, 1.54) is 6.33 Å². The number of aliphatic hydroxyl groups is 1. The van der Waals surface area contributed by atoms with Crippen LogP contribution in [-0.2, 0) is 8.85 Å². The Kier molecular flexibility index (Phi) is 7.28. The minimum absolute atomic E-state index is 0.0337. The van der Waals surface area contributed by atoms with Crippen molar-refractivity contribution in [2.75, 3.05) is 6.61 Å². The van der Waals surface area contributed by atoms with Gasteiger partial charge in [0.2, 0.25) is 0 Å². The highest BCUT2D eigenvalue weighted by molar-refractivity contribution is 6.74. The molecule has 1 aliphatic carbocycles. The zero-order valence-corrected chi connectivity index (χ0v) is 24.6. The summed E-state index contributed by atoms with van der Waals surface area (Å²) in [5.74, 6) is -0.0337. The van der Waals surface area contributed by atoms with Gasteiger partial charge in [-0.2, -0.15) is 0 Å². The molecular formula is C23H41ClN4O3Si2. The molecule has 1 N–H and O–H groups in total. The lowest BCUT2D eigenvalue weighted by atomic mass is 10.1. The van der Waals surface area contributed by atoms with Crippen LogP contribution in [0.4, 0.5) is 0 Å². The lowest BCUT2D eigenvalue weighted by Crippen LogP contribution is -2.53. The zero-order valence-electron chi connectivity index (χ0n) is 21.8. The van der Waals surface area contributed by atoms with Crippen molar-refractivity contribution in [2.24, 2.45) is 5.92 Å². The van der Waals surface area contributed by atoms with Gasteiger partial charge in [0.05, 0.1) is 24.6 Å². The van der Waals surface area contributed by atoms with Crippen molar-refractivity contribution < 1.29 is 14.0 Å². The van der Waals surface area contributed by atoms with Crippen LogP contribution in [0.2, 0.25) is 41.4 Å². The Balaban J connectivity index is 2.10. The number of imidazole rings is 1. The molecule has 186 valence electrons. The molecule has 1 aliphatic rings. The monoisotopic (exact) mass is 512 g/mol. The number of rotatable bonds is 6. The average molecular weight is 513 g/mol. The van der Waals surface area contributed by atoms with Crippen molar-refractivity contribution in [1.29, 1.82) is 0 Å². The highest BCUT2D eigenvalue weighted by atomic mass is 35.5. The number of hydrogen-bond acceptors (Lipinski definition) is 6. The molecule has 0 aromatic carbocycles. The maximum Gasteiger partial charge on any atom is 0.192 e. The van der Waals surface area contributed by atoms with Gasteiger partial charge in [-0.05, 0) is 42.7 Å². The number of fused-ring (bicyclic) bond motifs is 1. The van der Waals surface area contributed by atoms with Gasteiger partial charge in [-0.15, -0.1) is 0 Å². The van der Waals surface area contributed by atoms with E-state index in [0.29, 0.717) is 16.3 Å². The quantitative estimate of drug-likeness (QED) is 0.388. The van der Waals surface area contributed by atoms with Gasteiger partial charge in [0.15, 0.2) is 27.4 Å². The van der Waals surface area contributed by atoms with Crippen molar-refractivity contribution in [1.82, 2.24) is 19.5 Å². The summed E-state index contributed by atoms with van der Waals surface area (Å²) in [6.45, 7) is 22.6. The zero-order chi connectivity index (χ0) is 25.0. The molecule has 0 aliphatic heterocycles. The lowest BCUT2D eigenvalue weighted by Gasteiger charge is -2.45. The summed E-state index contributed by atoms with van der Waals surface area (Å²) < 4.78 is 16.1. The molecule has 0 unspecified atom stereocenters. The van der Waals surface area contributed by atoms with E-state index in [1.807, 2.05) is 0 Å². The smallest absolute Gasteiger partial charge is 0.192 e. The molecule has 0 bridgehead atoms. The molecule has 4 atom stereocenters. The summed E-state index contributed by atoms with van der Waals surface area (Å²) in [7, 11) is -4.26. The Labute approximate surface area is 205 Å². The van der Waals surface area contributed by atoms with Gasteiger partial charge in [-0.3, -0.25) is 0 Å². The second-order valence-electron chi connectivity index (χ2n) is 12.4. The Hall–Kier alpha value is -0.846. The van der Waals surface area contributed by atoms with Crippen LogP contribution < -0.4 is 0 Å². The third kappa shape index (κ3) is 5.09. The minimum atomic E-state index is -2.15. The van der Waals surface area contributed by atoms with Crippen LogP contribution in [0.3, 0.4) is 0 Å². The first-order valence-corrected chi connectivity index (χ1v) is 18.0. The van der Waals surface area contributed by atoms with Crippen LogP contribution in [0.25, 0.3) is 11.2 Å². The van der Waals surface area contributed by atoms with Crippen LogP contribution >= 0.6 is 11.6 Å². The summed E-state index contributed by atoms with van der Waals surface area (Å²) >= 11 is 6.29. The van der Waals surface area contributed by atoms with Gasteiger partial charge < -0.3 is 18.5 Å². The fourth-order valence-electron chi connectivity index (χ4n) is 3.92. The van der Waals surface area contributed by atoms with Crippen LogP contribution in [-0.4, -0.2) is 60.1 Å². The van der Waals surface area contributed by atoms with E-state index < -0.39 is 16.6 Å². The third-order valence-electron chi connectivity index (χ3n) is 8.09. The second kappa shape index (κ2) is 8.98. The first-order chi connectivity index (χ1) is 15.0. The van der Waals surface area contributed by atoms with Gasteiger partial charge in [-0.25, -0.2) is 15.0 Å². The molecule has 2 aromatic heterocycles. The summed E-state index contributed by atoms with van der Waals surface area (Å²) in [6, 6.07) is -0.0676. The molecule has 10 heteroatoms. The van der Waals surface area contributed by atoms with Crippen molar-refractivity contribution in [3.8, 4) is 0 Å². The van der Waals surface area contributed by atoms with Crippen LogP contribution in [0.15, 0.2) is 12.7 Å². The summed E-state index contributed by atoms with van der Waals surface area (Å²) in [5.41, 5.74) is 1.27. The Morgan fingerprint density at radius 1 is 0.970 bits per heavy atom. The van der Waals surface area contributed by atoms with Gasteiger partial charge in [0, 0.05) is 12.5 Å². The molecule has 0 spiro atoms. The summed E-state index contributed by atoms with van der Waals surface area (Å²) in [5, 5.41) is 10.8. The molecule has 33 heavy (non-hydrogen) atoms. The third-order valence-corrected chi connectivity index (χ3v) is 17.3. The first-order valence-electron chi connectivity index (χ1n) is 11.8. The Bertz CT molecular complexity index is 984. The molecule has 0 radical (unpaired) electrons. The lowest BCUT2D eigenvalue weighted by molar-refractivity contribution is 0.0110. The highest BCUT2D eigenvalue weighted by Crippen LogP contribution is 2.48. The van der Waals surface area contributed by atoms with E-state index in [1.54, 1.807) is 6.33 Å². The second-order valence-corrected chi connectivity index (χ2v) is 22.3. The van der Waals surface area contributed by atoms with E-state index in [2.05, 4.69) is 87.2 Å². The molecule has 7 nitrogen and oxygen atoms in total. The standard InChI is InChI=1S/C23H41ClN4O3Si2/c1-22(2,3)32(7,8)30-18-15(12-29)11-16(19(18)31-33(9,10)23(4,5)6)28-14-27-17-20(24)25-13-26-21(17)28/h13-16,18-19,29H,11-12H2,1-10H3/t15-,16-,18-,19+/m1/s1. The maximum absolute atomic E-state index is 10.4. The van der Waals surface area contributed by atoms with E-state index in [9.17, 15) is 5.11 Å². The summed E-state index contributed by atoms with van der Waals surface area (Å²) in [4.78, 5) is 13.1. The molecule has 0 amide bonds. The first kappa shape index (κ1) is 26.8. The van der Waals surface area contributed by atoms with Gasteiger partial charge >= 0.3 is 0 Å². The van der Waals surface area contributed by atoms with E-state index in [0.717, 1.165) is 6.42 Å². The van der Waals surface area contributed by atoms with Crippen molar-refractivity contribution in [3.05, 3.63) is 17.8 Å². The van der Waals surface area contributed by atoms with Gasteiger partial charge in [0.25, 0.3) is 0 Å². The van der Waals surface area contributed by atoms with Crippen LogP contribution in [0.5, 0.6) is 0 Å². The predicted octanol–water partition coefficient (Wildman–Crippen LogP) is 5.81. The fourth-order valence-corrected chi connectivity index (χ4v) is 6.79. The normalized spacial score (nSPS) is 25.2. The minimum Gasteiger partial charge on any atom is -0.411 e. The van der Waals surface area contributed by atoms with E-state index in [-0.39, 0.29) is 40.9 Å². The number of aliphatic hydroxyl groups excluding tert-OH is 1. The van der Waals surface area contributed by atoms with E-state index in [4.69, 9.17) is 20.5 Å². The largest absolute Gasteiger partial charge is 0.411 e. The van der Waals surface area contributed by atoms with Gasteiger partial charge in [0.1, 0.15) is 11.8 Å². The molecule has 2 heterocycles. The topological polar surface area (TPSA) is 82.3 Å². The fraction of sp³-hybridized carbons (Fsp3) is 0.783. The Morgan fingerprint density at radius 3 is 2.03 bits per heavy atom. The number of nitrogens with zero attached hydrogens (tertiary/aromatic N) is 4. The Morgan fingerprint density at radius 2 is 1.52 bits per heavy atom. The SMILES string of the molecule is CC(C)(C)[Si](C)(C)O[C@@H]1[C@@H](CO)C[C@@H](n2cnc3c(Cl)ncnc32)[C@@H]1O[Si](C)(C)C(C)(C)C. The highest BCUT2D eigenvalue weighted by Gasteiger charge is 2.53. The van der Waals surface area contributed by atoms with Crippen LogP contribution in [0, 0.1) is 5.92 Å². The van der Waals surface area contributed by atoms with E-state index >= 15 is 0 Å². The predicted molar refractivity (Wildman–Crippen MR) is 139 cm³/mol. The van der Waals surface area contributed by atoms with Crippen LogP contribution in [0.1, 0.15) is 54.0 Å². The van der Waals surface area contributed by atoms with Crippen molar-refractivity contribution >= 4 is 39.4 Å². The maximum atomic E-state index is 10.4. The molecular weight excluding hydrogens is 472 g/mol. The number of aromatic nitrogens is 4. The molecule has 1 saturated carbocycles. The number of hydrogen-bond donors (Lipinski definition) is 1. The average Bonchev–Trinajstić information content (AvgIpc) is 3.22. The van der Waals surface area contributed by atoms with Crippen molar-refractivity contribution in [2.45, 2.75) is 102 Å². The molecule has 3 rings (SSSR count). The number of halogens is 1. The molecule has 1 fully saturated rings. The van der Waals surface area contributed by atoms with Crippen molar-refractivity contribution in [3.63, 3.8) is 0 Å². The van der Waals surface area contributed by atoms with Gasteiger partial charge in [-0.1, -0.05) is 53.1 Å². The summed E-state index contributed by atoms with van der Waals surface area (Å²) in [6.07, 6.45) is 3.55. The molecule has 2 aromatic rings.